The van der Waals surface area contributed by atoms with E-state index in [9.17, 15) is 14.4 Å². The summed E-state index contributed by atoms with van der Waals surface area (Å²) in [5.41, 5.74) is 3.38. The van der Waals surface area contributed by atoms with E-state index in [1.54, 1.807) is 0 Å². The van der Waals surface area contributed by atoms with E-state index in [1.165, 1.54) is 16.2 Å². The van der Waals surface area contributed by atoms with Gasteiger partial charge in [0.1, 0.15) is 23.9 Å². The van der Waals surface area contributed by atoms with E-state index in [1.807, 2.05) is 44.6 Å². The highest BCUT2D eigenvalue weighted by molar-refractivity contribution is 7.09. The van der Waals surface area contributed by atoms with Gasteiger partial charge in [0.25, 0.3) is 0 Å². The molecule has 34 heavy (non-hydrogen) atoms. The zero-order valence-corrected chi connectivity index (χ0v) is 21.9. The van der Waals surface area contributed by atoms with Gasteiger partial charge in [-0.3, -0.25) is 14.4 Å². The Morgan fingerprint density at radius 3 is 2.59 bits per heavy atom. The zero-order chi connectivity index (χ0) is 23.8. The van der Waals surface area contributed by atoms with Crippen LogP contribution in [0.4, 0.5) is 0 Å². The molecular weight excluding hydrogens is 472 g/mol. The fraction of sp³-hybridized carbons (Fsp3) is 0.538. The molecule has 0 unspecified atom stereocenters. The molecule has 3 rings (SSSR count). The van der Waals surface area contributed by atoms with Crippen molar-refractivity contribution in [1.29, 1.82) is 0 Å². The maximum Gasteiger partial charge on any atom is 0.306 e. The lowest BCUT2D eigenvalue weighted by Crippen LogP contribution is -3.06. The average molecular weight is 507 g/mol. The fourth-order valence-electron chi connectivity index (χ4n) is 4.14. The SMILES string of the molecule is Cc1ccc(CC(=O)Cc2nc(CCC(=O)OCC[NH+](C)C)cs2)c(C(=O)C2CCCC2)c1.[Cl-]. The van der Waals surface area contributed by atoms with Crippen molar-refractivity contribution in [2.45, 2.75) is 58.3 Å². The number of nitrogens with zero attached hydrogens (tertiary/aromatic N) is 1. The maximum atomic E-state index is 13.0. The van der Waals surface area contributed by atoms with E-state index in [4.69, 9.17) is 4.74 Å². The highest BCUT2D eigenvalue weighted by Gasteiger charge is 2.26. The molecule has 1 aliphatic carbocycles. The molecular formula is C26H35ClN2O4S. The molecule has 1 fully saturated rings. The first-order chi connectivity index (χ1) is 15.8. The van der Waals surface area contributed by atoms with Gasteiger partial charge in [-0.2, -0.15) is 0 Å². The van der Waals surface area contributed by atoms with E-state index in [2.05, 4.69) is 4.98 Å². The van der Waals surface area contributed by atoms with Crippen LogP contribution in [-0.2, 0) is 33.6 Å². The second-order valence-corrected chi connectivity index (χ2v) is 10.3. The number of esters is 1. The van der Waals surface area contributed by atoms with Crippen molar-refractivity contribution in [3.63, 3.8) is 0 Å². The van der Waals surface area contributed by atoms with Crippen LogP contribution in [0.15, 0.2) is 23.6 Å². The molecule has 0 spiro atoms. The number of benzene rings is 1. The molecule has 1 aliphatic rings. The summed E-state index contributed by atoms with van der Waals surface area (Å²) in [6.07, 6.45) is 5.40. The van der Waals surface area contributed by atoms with Gasteiger partial charge in [-0.1, -0.05) is 30.5 Å². The Labute approximate surface area is 212 Å². The van der Waals surface area contributed by atoms with Gasteiger partial charge in [0.05, 0.1) is 32.6 Å². The van der Waals surface area contributed by atoms with Crippen molar-refractivity contribution in [1.82, 2.24) is 4.98 Å². The summed E-state index contributed by atoms with van der Waals surface area (Å²) in [6.45, 7) is 3.18. The van der Waals surface area contributed by atoms with Crippen LogP contribution in [0.2, 0.25) is 0 Å². The summed E-state index contributed by atoms with van der Waals surface area (Å²) < 4.78 is 5.22. The van der Waals surface area contributed by atoms with Crippen molar-refractivity contribution in [3.05, 3.63) is 51.0 Å². The van der Waals surface area contributed by atoms with Gasteiger partial charge in [0.2, 0.25) is 0 Å². The van der Waals surface area contributed by atoms with Gasteiger partial charge in [0, 0.05) is 29.7 Å². The van der Waals surface area contributed by atoms with Crippen LogP contribution in [0.1, 0.15) is 64.3 Å². The van der Waals surface area contributed by atoms with E-state index < -0.39 is 0 Å². The third-order valence-corrected chi connectivity index (χ3v) is 6.94. The summed E-state index contributed by atoms with van der Waals surface area (Å²) in [5.74, 6) is 0.110. The van der Waals surface area contributed by atoms with Gasteiger partial charge in [-0.25, -0.2) is 4.98 Å². The first kappa shape index (κ1) is 28.1. The van der Waals surface area contributed by atoms with Crippen LogP contribution in [0, 0.1) is 12.8 Å². The number of hydrogen-bond donors (Lipinski definition) is 1. The number of carbonyl (C=O) groups excluding carboxylic acids is 3. The van der Waals surface area contributed by atoms with Gasteiger partial charge < -0.3 is 22.0 Å². The van der Waals surface area contributed by atoms with Crippen molar-refractivity contribution < 1.29 is 36.4 Å². The number of halogens is 1. The van der Waals surface area contributed by atoms with Crippen LogP contribution < -0.4 is 17.3 Å². The normalized spacial score (nSPS) is 13.6. The lowest BCUT2D eigenvalue weighted by molar-refractivity contribution is -0.858. The van der Waals surface area contributed by atoms with Gasteiger partial charge in [0.15, 0.2) is 5.78 Å². The molecule has 1 aromatic carbocycles. The number of rotatable bonds is 12. The molecule has 0 bridgehead atoms. The summed E-state index contributed by atoms with van der Waals surface area (Å²) in [7, 11) is 4.03. The number of ether oxygens (including phenoxy) is 1. The number of aromatic nitrogens is 1. The Bertz CT molecular complexity index is 983. The number of Topliss-reactive ketones (excluding diaryl/α,β-unsaturated/α-hetero) is 2. The summed E-state index contributed by atoms with van der Waals surface area (Å²) in [6, 6.07) is 5.82. The first-order valence-electron chi connectivity index (χ1n) is 11.8. The number of quaternary nitrogens is 1. The van der Waals surface area contributed by atoms with Gasteiger partial charge in [-0.15, -0.1) is 11.3 Å². The largest absolute Gasteiger partial charge is 1.00 e. The molecule has 1 saturated carbocycles. The molecule has 0 saturated heterocycles. The zero-order valence-electron chi connectivity index (χ0n) is 20.3. The summed E-state index contributed by atoms with van der Waals surface area (Å²) >= 11 is 1.44. The van der Waals surface area contributed by atoms with Gasteiger partial charge in [-0.05, 0) is 31.4 Å². The van der Waals surface area contributed by atoms with Crippen molar-refractivity contribution >= 4 is 28.9 Å². The molecule has 0 radical (unpaired) electrons. The molecule has 1 heterocycles. The first-order valence-corrected chi connectivity index (χ1v) is 12.7. The average Bonchev–Trinajstić information content (AvgIpc) is 3.45. The van der Waals surface area contributed by atoms with E-state index in [0.29, 0.717) is 18.6 Å². The maximum absolute atomic E-state index is 13.0. The van der Waals surface area contributed by atoms with E-state index >= 15 is 0 Å². The quantitative estimate of drug-likeness (QED) is 0.319. The van der Waals surface area contributed by atoms with Gasteiger partial charge >= 0.3 is 5.97 Å². The summed E-state index contributed by atoms with van der Waals surface area (Å²) in [5, 5.41) is 2.65. The highest BCUT2D eigenvalue weighted by Crippen LogP contribution is 2.29. The van der Waals surface area contributed by atoms with Crippen molar-refractivity contribution in [2.24, 2.45) is 5.92 Å². The Morgan fingerprint density at radius 2 is 1.88 bits per heavy atom. The van der Waals surface area contributed by atoms with Crippen LogP contribution >= 0.6 is 11.3 Å². The Hall–Kier alpha value is -2.09. The second kappa shape index (κ2) is 13.7. The monoisotopic (exact) mass is 506 g/mol. The molecule has 0 atom stereocenters. The fourth-order valence-corrected chi connectivity index (χ4v) is 5.00. The molecule has 0 amide bonds. The number of hydrogen-bond acceptors (Lipinski definition) is 6. The molecule has 8 heteroatoms. The minimum atomic E-state index is -0.222. The molecule has 1 N–H and O–H groups in total. The van der Waals surface area contributed by atoms with Crippen LogP contribution in [0.25, 0.3) is 0 Å². The molecule has 2 aromatic rings. The van der Waals surface area contributed by atoms with Crippen molar-refractivity contribution in [2.75, 3.05) is 27.2 Å². The molecule has 1 aromatic heterocycles. The highest BCUT2D eigenvalue weighted by atomic mass is 35.5. The number of aryl methyl sites for hydroxylation is 2. The van der Waals surface area contributed by atoms with E-state index in [0.717, 1.165) is 54.1 Å². The van der Waals surface area contributed by atoms with E-state index in [-0.39, 0.29) is 55.1 Å². The van der Waals surface area contributed by atoms with Crippen LogP contribution in [0.3, 0.4) is 0 Å². The number of thiazole rings is 1. The third kappa shape index (κ3) is 8.60. The predicted molar refractivity (Wildman–Crippen MR) is 129 cm³/mol. The Kier molecular flexibility index (Phi) is 11.4. The number of carbonyl (C=O) groups is 3. The Balaban J connectivity index is 0.00000408. The minimum absolute atomic E-state index is 0. The summed E-state index contributed by atoms with van der Waals surface area (Å²) in [4.78, 5) is 43.4. The topological polar surface area (TPSA) is 77.8 Å². The lowest BCUT2D eigenvalue weighted by atomic mass is 9.90. The predicted octanol–water partition coefficient (Wildman–Crippen LogP) is -0.197. The van der Waals surface area contributed by atoms with Crippen LogP contribution in [0.5, 0.6) is 0 Å². The number of nitrogens with one attached hydrogen (secondary N) is 1. The third-order valence-electron chi connectivity index (χ3n) is 6.04. The molecule has 0 aliphatic heterocycles. The van der Waals surface area contributed by atoms with Crippen molar-refractivity contribution in [3.8, 4) is 0 Å². The standard InChI is InChI=1S/C26H34N2O4S.ClH/c1-18-8-9-20(23(14-18)26(31)19-6-4-5-7-19)15-22(29)16-24-27-21(17-33-24)10-11-25(30)32-13-12-28(2)3;/h8-9,14,17,19H,4-7,10-13,15-16H2,1-3H3;1H. The molecule has 6 nitrogen and oxygen atoms in total. The number of likely N-dealkylation sites (N-methyl/N-ethyl adjacent to an activating group) is 1. The Morgan fingerprint density at radius 1 is 1.15 bits per heavy atom. The smallest absolute Gasteiger partial charge is 0.306 e. The lowest BCUT2D eigenvalue weighted by Gasteiger charge is -2.13. The number of ketones is 2. The molecule has 186 valence electrons. The minimum Gasteiger partial charge on any atom is -1.00 e. The second-order valence-electron chi connectivity index (χ2n) is 9.31. The van der Waals surface area contributed by atoms with Crippen LogP contribution in [-0.4, -0.2) is 49.8 Å².